The quantitative estimate of drug-likeness (QED) is 0.716. The van der Waals surface area contributed by atoms with E-state index in [1.165, 1.54) is 28.6 Å². The number of nitrogens with zero attached hydrogens (tertiary/aromatic N) is 1. The second kappa shape index (κ2) is 9.15. The van der Waals surface area contributed by atoms with Crippen molar-refractivity contribution in [2.45, 2.75) is 43.2 Å². The Hall–Kier alpha value is -2.09. The lowest BCUT2D eigenvalue weighted by molar-refractivity contribution is -0.125. The summed E-state index contributed by atoms with van der Waals surface area (Å²) >= 11 is 5.87. The van der Waals surface area contributed by atoms with Gasteiger partial charge in [-0.1, -0.05) is 30.7 Å². The average Bonchev–Trinajstić information content (AvgIpc) is 3.23. The summed E-state index contributed by atoms with van der Waals surface area (Å²) in [5.41, 5.74) is 0.951. The summed E-state index contributed by atoms with van der Waals surface area (Å²) in [5.74, 6) is 0.466. The smallest absolute Gasteiger partial charge is 0.243 e. The molecule has 2 aromatic carbocycles. The summed E-state index contributed by atoms with van der Waals surface area (Å²) < 4.78 is 32.6. The van der Waals surface area contributed by atoms with Crippen LogP contribution in [0.1, 0.15) is 37.8 Å². The highest BCUT2D eigenvalue weighted by Gasteiger charge is 2.39. The monoisotopic (exact) mass is 436 g/mol. The molecule has 1 N–H and O–H groups in total. The fraction of sp³-hybridized carbons (Fsp3) is 0.381. The second-order valence-corrected chi connectivity index (χ2v) is 9.30. The fourth-order valence-corrected chi connectivity index (χ4v) is 5.34. The van der Waals surface area contributed by atoms with Gasteiger partial charge in [0.05, 0.1) is 18.0 Å². The average molecular weight is 437 g/mol. The number of amides is 1. The highest BCUT2D eigenvalue weighted by Crippen LogP contribution is 2.28. The lowest BCUT2D eigenvalue weighted by Crippen LogP contribution is -2.46. The number of hydrogen-bond acceptors (Lipinski definition) is 4. The number of carbonyl (C=O) groups is 1. The number of sulfonamides is 1. The molecule has 0 spiro atoms. The van der Waals surface area contributed by atoms with Crippen molar-refractivity contribution in [1.82, 2.24) is 9.62 Å². The SMILES string of the molecule is CC[C@H](NC(=O)[C@@H]1CCCN1S(=O)(=O)c1ccc(Cl)cc1)c1ccc(OC)cc1. The predicted octanol–water partition coefficient (Wildman–Crippen LogP) is 3.77. The van der Waals surface area contributed by atoms with Gasteiger partial charge in [0.2, 0.25) is 15.9 Å². The number of halogens is 1. The molecule has 0 bridgehead atoms. The van der Waals surface area contributed by atoms with Gasteiger partial charge < -0.3 is 10.1 Å². The molecule has 8 heteroatoms. The molecule has 2 atom stereocenters. The van der Waals surface area contributed by atoms with Gasteiger partial charge in [-0.2, -0.15) is 4.31 Å². The van der Waals surface area contributed by atoms with E-state index in [2.05, 4.69) is 5.32 Å². The lowest BCUT2D eigenvalue weighted by atomic mass is 10.0. The van der Waals surface area contributed by atoms with Crippen molar-refractivity contribution in [3.8, 4) is 5.75 Å². The second-order valence-electron chi connectivity index (χ2n) is 6.97. The maximum atomic E-state index is 13.0. The molecule has 1 aliphatic rings. The van der Waals surface area contributed by atoms with E-state index in [-0.39, 0.29) is 16.8 Å². The summed E-state index contributed by atoms with van der Waals surface area (Å²) in [6, 6.07) is 12.6. The number of carbonyl (C=O) groups excluding carboxylic acids is 1. The topological polar surface area (TPSA) is 75.7 Å². The van der Waals surface area contributed by atoms with Crippen molar-refractivity contribution in [2.24, 2.45) is 0 Å². The molecule has 1 heterocycles. The van der Waals surface area contributed by atoms with Crippen LogP contribution in [0.5, 0.6) is 5.75 Å². The molecule has 1 saturated heterocycles. The Morgan fingerprint density at radius 3 is 2.45 bits per heavy atom. The van der Waals surface area contributed by atoms with E-state index in [4.69, 9.17) is 16.3 Å². The van der Waals surface area contributed by atoms with E-state index < -0.39 is 16.1 Å². The van der Waals surface area contributed by atoms with Gasteiger partial charge in [-0.3, -0.25) is 4.79 Å². The Morgan fingerprint density at radius 2 is 1.86 bits per heavy atom. The normalized spacial score (nSPS) is 18.4. The number of rotatable bonds is 7. The van der Waals surface area contributed by atoms with E-state index in [1.807, 2.05) is 31.2 Å². The lowest BCUT2D eigenvalue weighted by Gasteiger charge is -2.26. The third kappa shape index (κ3) is 4.74. The van der Waals surface area contributed by atoms with Crippen molar-refractivity contribution in [3.05, 3.63) is 59.1 Å². The molecule has 0 unspecified atom stereocenters. The predicted molar refractivity (Wildman–Crippen MR) is 113 cm³/mol. The van der Waals surface area contributed by atoms with E-state index in [0.29, 0.717) is 30.8 Å². The molecule has 0 aromatic heterocycles. The van der Waals surface area contributed by atoms with Gasteiger partial charge in [0.15, 0.2) is 0 Å². The number of hydrogen-bond donors (Lipinski definition) is 1. The Labute approximate surface area is 176 Å². The van der Waals surface area contributed by atoms with Gasteiger partial charge in [0.25, 0.3) is 0 Å². The minimum Gasteiger partial charge on any atom is -0.497 e. The molecule has 0 radical (unpaired) electrons. The van der Waals surface area contributed by atoms with Crippen molar-refractivity contribution in [1.29, 1.82) is 0 Å². The fourth-order valence-electron chi connectivity index (χ4n) is 3.56. The van der Waals surface area contributed by atoms with Crippen LogP contribution in [0.15, 0.2) is 53.4 Å². The van der Waals surface area contributed by atoms with Crippen LogP contribution in [0.4, 0.5) is 0 Å². The van der Waals surface area contributed by atoms with E-state index in [9.17, 15) is 13.2 Å². The minimum atomic E-state index is -3.77. The summed E-state index contributed by atoms with van der Waals surface area (Å²) in [6.07, 6.45) is 1.83. The molecule has 29 heavy (non-hydrogen) atoms. The summed E-state index contributed by atoms with van der Waals surface area (Å²) in [5, 5.41) is 3.48. The maximum absolute atomic E-state index is 13.0. The van der Waals surface area contributed by atoms with Crippen LogP contribution in [0.2, 0.25) is 5.02 Å². The van der Waals surface area contributed by atoms with Gasteiger partial charge in [0.1, 0.15) is 11.8 Å². The highest BCUT2D eigenvalue weighted by atomic mass is 35.5. The van der Waals surface area contributed by atoms with Crippen LogP contribution in [-0.2, 0) is 14.8 Å². The molecular weight excluding hydrogens is 412 g/mol. The molecule has 2 aromatic rings. The largest absolute Gasteiger partial charge is 0.497 e. The summed E-state index contributed by atoms with van der Waals surface area (Å²) in [7, 11) is -2.17. The first-order chi connectivity index (χ1) is 13.9. The molecule has 6 nitrogen and oxygen atoms in total. The van der Waals surface area contributed by atoms with Crippen LogP contribution in [0.3, 0.4) is 0 Å². The van der Waals surface area contributed by atoms with Crippen LogP contribution in [0.25, 0.3) is 0 Å². The van der Waals surface area contributed by atoms with E-state index >= 15 is 0 Å². The van der Waals surface area contributed by atoms with Gasteiger partial charge in [-0.05, 0) is 61.2 Å². The molecule has 3 rings (SSSR count). The van der Waals surface area contributed by atoms with Gasteiger partial charge >= 0.3 is 0 Å². The number of nitrogens with one attached hydrogen (secondary N) is 1. The molecule has 156 valence electrons. The molecular formula is C21H25ClN2O4S. The highest BCUT2D eigenvalue weighted by molar-refractivity contribution is 7.89. The van der Waals surface area contributed by atoms with Crippen molar-refractivity contribution in [3.63, 3.8) is 0 Å². The van der Waals surface area contributed by atoms with Crippen molar-refractivity contribution >= 4 is 27.5 Å². The molecule has 0 saturated carbocycles. The third-order valence-corrected chi connectivity index (χ3v) is 7.34. The van der Waals surface area contributed by atoms with E-state index in [1.54, 1.807) is 7.11 Å². The minimum absolute atomic E-state index is 0.142. The first-order valence-corrected chi connectivity index (χ1v) is 11.4. The zero-order chi connectivity index (χ0) is 21.0. The standard InChI is InChI=1S/C21H25ClN2O4S/c1-3-19(15-6-10-17(28-2)11-7-15)23-21(25)20-5-4-14-24(20)29(26,27)18-12-8-16(22)9-13-18/h6-13,19-20H,3-5,14H2,1-2H3,(H,23,25)/t19-,20-/m0/s1. The first kappa shape index (κ1) is 21.6. The molecule has 0 aliphatic carbocycles. The number of ether oxygens (including phenoxy) is 1. The van der Waals surface area contributed by atoms with Gasteiger partial charge in [-0.25, -0.2) is 8.42 Å². The van der Waals surface area contributed by atoms with E-state index in [0.717, 1.165) is 11.3 Å². The maximum Gasteiger partial charge on any atom is 0.243 e. The van der Waals surface area contributed by atoms with Crippen molar-refractivity contribution < 1.29 is 17.9 Å². The Balaban J connectivity index is 1.77. The van der Waals surface area contributed by atoms with Crippen molar-refractivity contribution in [2.75, 3.05) is 13.7 Å². The zero-order valence-corrected chi connectivity index (χ0v) is 18.0. The van der Waals surface area contributed by atoms with Crippen LogP contribution >= 0.6 is 11.6 Å². The number of methoxy groups -OCH3 is 1. The Morgan fingerprint density at radius 1 is 1.21 bits per heavy atom. The molecule has 1 amide bonds. The first-order valence-electron chi connectivity index (χ1n) is 9.58. The van der Waals surface area contributed by atoms with Gasteiger partial charge in [0, 0.05) is 11.6 Å². The molecule has 1 fully saturated rings. The summed E-state index contributed by atoms with van der Waals surface area (Å²) in [6.45, 7) is 2.30. The third-order valence-electron chi connectivity index (χ3n) is 5.17. The van der Waals surface area contributed by atoms with Gasteiger partial charge in [-0.15, -0.1) is 0 Å². The van der Waals surface area contributed by atoms with Crippen LogP contribution < -0.4 is 10.1 Å². The zero-order valence-electron chi connectivity index (χ0n) is 16.5. The molecule has 1 aliphatic heterocycles. The Kier molecular flexibility index (Phi) is 6.82. The summed E-state index contributed by atoms with van der Waals surface area (Å²) in [4.78, 5) is 13.1. The number of benzene rings is 2. The Bertz CT molecular complexity index is 946. The van der Waals surface area contributed by atoms with Crippen LogP contribution in [0, 0.1) is 0 Å². The van der Waals surface area contributed by atoms with Crippen LogP contribution in [-0.4, -0.2) is 38.3 Å².